The lowest BCUT2D eigenvalue weighted by molar-refractivity contribution is 0.175. The van der Waals surface area contributed by atoms with E-state index in [1.165, 1.54) is 0 Å². The molecule has 0 spiro atoms. The van der Waals surface area contributed by atoms with E-state index in [1.807, 2.05) is 37.3 Å². The lowest BCUT2D eigenvalue weighted by Gasteiger charge is -1.99. The lowest BCUT2D eigenvalue weighted by Crippen LogP contribution is -1.95. The van der Waals surface area contributed by atoms with E-state index in [-0.39, 0.29) is 0 Å². The monoisotopic (exact) mass is 175 g/mol. The van der Waals surface area contributed by atoms with E-state index in [9.17, 15) is 0 Å². The maximum absolute atomic E-state index is 4.97. The van der Waals surface area contributed by atoms with Crippen molar-refractivity contribution in [2.75, 3.05) is 6.61 Å². The van der Waals surface area contributed by atoms with Gasteiger partial charge in [0.2, 0.25) is 0 Å². The Kier molecular flexibility index (Phi) is 3.76. The van der Waals surface area contributed by atoms with Gasteiger partial charge in [0.05, 0.1) is 5.71 Å². The zero-order valence-corrected chi connectivity index (χ0v) is 7.73. The van der Waals surface area contributed by atoms with E-state index in [4.69, 9.17) is 4.84 Å². The number of hydrogen-bond donors (Lipinski definition) is 0. The molecule has 0 fully saturated rings. The Labute approximate surface area is 78.5 Å². The van der Waals surface area contributed by atoms with Crippen molar-refractivity contribution in [3.63, 3.8) is 0 Å². The highest BCUT2D eigenvalue weighted by atomic mass is 16.6. The first-order valence-corrected chi connectivity index (χ1v) is 4.17. The third-order valence-electron chi connectivity index (χ3n) is 1.59. The van der Waals surface area contributed by atoms with Crippen molar-refractivity contribution in [2.24, 2.45) is 5.16 Å². The Hall–Kier alpha value is -1.57. The van der Waals surface area contributed by atoms with Crippen LogP contribution >= 0.6 is 0 Å². The molecule has 0 heterocycles. The average molecular weight is 175 g/mol. The highest BCUT2D eigenvalue weighted by molar-refractivity contribution is 5.98. The minimum Gasteiger partial charge on any atom is -0.391 e. The molecule has 0 radical (unpaired) electrons. The number of rotatable bonds is 4. The van der Waals surface area contributed by atoms with Gasteiger partial charge in [-0.2, -0.15) is 0 Å². The van der Waals surface area contributed by atoms with Crippen LogP contribution in [0.3, 0.4) is 0 Å². The van der Waals surface area contributed by atoms with E-state index in [0.717, 1.165) is 11.3 Å². The van der Waals surface area contributed by atoms with Crippen LogP contribution in [0.5, 0.6) is 0 Å². The molecular formula is C11H13NO. The fourth-order valence-electron chi connectivity index (χ4n) is 0.919. The van der Waals surface area contributed by atoms with Crippen molar-refractivity contribution in [3.8, 4) is 0 Å². The summed E-state index contributed by atoms with van der Waals surface area (Å²) in [7, 11) is 0. The lowest BCUT2D eigenvalue weighted by atomic mass is 10.1. The molecule has 0 bridgehead atoms. The third kappa shape index (κ3) is 3.11. The normalized spacial score (nSPS) is 11.0. The largest absolute Gasteiger partial charge is 0.391 e. The van der Waals surface area contributed by atoms with Gasteiger partial charge < -0.3 is 4.84 Å². The standard InChI is InChI=1S/C11H13NO/c1-3-9-13-12-10(2)11-7-5-4-6-8-11/h3-8H,1,9H2,2H3/b12-10+. The summed E-state index contributed by atoms with van der Waals surface area (Å²) in [4.78, 5) is 4.97. The Morgan fingerprint density at radius 2 is 2.15 bits per heavy atom. The van der Waals surface area contributed by atoms with Gasteiger partial charge >= 0.3 is 0 Å². The fraction of sp³-hybridized carbons (Fsp3) is 0.182. The topological polar surface area (TPSA) is 21.6 Å². The minimum absolute atomic E-state index is 0.449. The van der Waals surface area contributed by atoms with Crippen LogP contribution < -0.4 is 0 Å². The summed E-state index contributed by atoms with van der Waals surface area (Å²) in [6.07, 6.45) is 1.67. The zero-order valence-electron chi connectivity index (χ0n) is 7.73. The van der Waals surface area contributed by atoms with E-state index >= 15 is 0 Å². The van der Waals surface area contributed by atoms with Gasteiger partial charge in [-0.3, -0.25) is 0 Å². The molecule has 2 heteroatoms. The van der Waals surface area contributed by atoms with Crippen LogP contribution in [0.25, 0.3) is 0 Å². The molecular weight excluding hydrogens is 162 g/mol. The molecule has 1 rings (SSSR count). The maximum atomic E-state index is 4.97. The Morgan fingerprint density at radius 3 is 2.77 bits per heavy atom. The van der Waals surface area contributed by atoms with E-state index < -0.39 is 0 Å². The first-order chi connectivity index (χ1) is 6.34. The van der Waals surface area contributed by atoms with Crippen molar-refractivity contribution >= 4 is 5.71 Å². The molecule has 0 aromatic heterocycles. The summed E-state index contributed by atoms with van der Waals surface area (Å²) in [6.45, 7) is 5.90. The van der Waals surface area contributed by atoms with Crippen LogP contribution in [0.4, 0.5) is 0 Å². The average Bonchev–Trinajstić information content (AvgIpc) is 2.19. The first kappa shape index (κ1) is 9.52. The Balaban J connectivity index is 2.62. The van der Waals surface area contributed by atoms with Crippen LogP contribution in [-0.4, -0.2) is 12.3 Å². The van der Waals surface area contributed by atoms with Crippen LogP contribution in [0.15, 0.2) is 48.1 Å². The minimum atomic E-state index is 0.449. The summed E-state index contributed by atoms with van der Waals surface area (Å²) < 4.78 is 0. The second kappa shape index (κ2) is 5.14. The summed E-state index contributed by atoms with van der Waals surface area (Å²) in [5.74, 6) is 0. The predicted octanol–water partition coefficient (Wildman–Crippen LogP) is 2.61. The maximum Gasteiger partial charge on any atom is 0.135 e. The highest BCUT2D eigenvalue weighted by Gasteiger charge is 1.94. The second-order valence-corrected chi connectivity index (χ2v) is 2.63. The van der Waals surface area contributed by atoms with Crippen molar-refractivity contribution in [1.29, 1.82) is 0 Å². The number of hydrogen-bond acceptors (Lipinski definition) is 2. The van der Waals surface area contributed by atoms with Crippen molar-refractivity contribution in [2.45, 2.75) is 6.92 Å². The predicted molar refractivity (Wildman–Crippen MR) is 54.8 cm³/mol. The van der Waals surface area contributed by atoms with Crippen molar-refractivity contribution in [3.05, 3.63) is 48.6 Å². The summed E-state index contributed by atoms with van der Waals surface area (Å²) >= 11 is 0. The number of nitrogens with zero attached hydrogens (tertiary/aromatic N) is 1. The fourth-order valence-corrected chi connectivity index (χ4v) is 0.919. The molecule has 1 aromatic rings. The molecule has 68 valence electrons. The molecule has 0 N–H and O–H groups in total. The van der Waals surface area contributed by atoms with Crippen LogP contribution in [0, 0.1) is 0 Å². The van der Waals surface area contributed by atoms with Gasteiger partial charge in [-0.05, 0) is 12.5 Å². The molecule has 0 aliphatic rings. The van der Waals surface area contributed by atoms with Gasteiger partial charge in [-0.15, -0.1) is 0 Å². The van der Waals surface area contributed by atoms with Crippen molar-refractivity contribution < 1.29 is 4.84 Å². The van der Waals surface area contributed by atoms with E-state index in [0.29, 0.717) is 6.61 Å². The molecule has 0 atom stereocenters. The molecule has 0 saturated heterocycles. The van der Waals surface area contributed by atoms with Gasteiger partial charge in [0.1, 0.15) is 6.61 Å². The van der Waals surface area contributed by atoms with Crippen LogP contribution in [0.2, 0.25) is 0 Å². The van der Waals surface area contributed by atoms with Crippen molar-refractivity contribution in [1.82, 2.24) is 0 Å². The molecule has 0 aliphatic carbocycles. The summed E-state index contributed by atoms with van der Waals surface area (Å²) in [6, 6.07) is 9.91. The molecule has 13 heavy (non-hydrogen) atoms. The smallest absolute Gasteiger partial charge is 0.135 e. The Bertz CT molecular complexity index is 290. The number of benzene rings is 1. The van der Waals surface area contributed by atoms with Crippen LogP contribution in [-0.2, 0) is 4.84 Å². The molecule has 0 saturated carbocycles. The van der Waals surface area contributed by atoms with Gasteiger partial charge in [-0.25, -0.2) is 0 Å². The van der Waals surface area contributed by atoms with E-state index in [2.05, 4.69) is 11.7 Å². The highest BCUT2D eigenvalue weighted by Crippen LogP contribution is 2.00. The third-order valence-corrected chi connectivity index (χ3v) is 1.59. The van der Waals surface area contributed by atoms with Crippen LogP contribution in [0.1, 0.15) is 12.5 Å². The van der Waals surface area contributed by atoms with E-state index in [1.54, 1.807) is 6.08 Å². The Morgan fingerprint density at radius 1 is 1.46 bits per heavy atom. The quantitative estimate of drug-likeness (QED) is 0.298. The SMILES string of the molecule is C=CCO/N=C(\C)c1ccccc1. The van der Waals surface area contributed by atoms with Gasteiger partial charge in [0, 0.05) is 0 Å². The number of oxime groups is 1. The van der Waals surface area contributed by atoms with Gasteiger partial charge in [-0.1, -0.05) is 48.1 Å². The summed E-state index contributed by atoms with van der Waals surface area (Å²) in [5.41, 5.74) is 1.95. The molecule has 1 aromatic carbocycles. The molecule has 0 amide bonds. The summed E-state index contributed by atoms with van der Waals surface area (Å²) in [5, 5.41) is 3.93. The molecule has 2 nitrogen and oxygen atoms in total. The van der Waals surface area contributed by atoms with Gasteiger partial charge in [0.25, 0.3) is 0 Å². The zero-order chi connectivity index (χ0) is 9.52. The van der Waals surface area contributed by atoms with Gasteiger partial charge in [0.15, 0.2) is 0 Å². The first-order valence-electron chi connectivity index (χ1n) is 4.17. The molecule has 0 aliphatic heterocycles. The molecule has 0 unspecified atom stereocenters. The second-order valence-electron chi connectivity index (χ2n) is 2.63.